The second-order valence-corrected chi connectivity index (χ2v) is 2.21. The van der Waals surface area contributed by atoms with E-state index in [4.69, 9.17) is 4.74 Å². The van der Waals surface area contributed by atoms with E-state index in [1.165, 1.54) is 12.1 Å². The minimum Gasteiger partial charge on any atom is -0.384 e. The van der Waals surface area contributed by atoms with Crippen LogP contribution in [0.5, 0.6) is 0 Å². The summed E-state index contributed by atoms with van der Waals surface area (Å²) >= 11 is 0. The van der Waals surface area contributed by atoms with Gasteiger partial charge in [0.1, 0.15) is 5.82 Å². The second-order valence-electron chi connectivity index (χ2n) is 2.21. The fraction of sp³-hybridized carbons (Fsp3) is 0.222. The van der Waals surface area contributed by atoms with Crippen LogP contribution < -0.4 is 0 Å². The molecule has 2 heteroatoms. The number of hydrogen-bond donors (Lipinski definition) is 0. The van der Waals surface area contributed by atoms with Gasteiger partial charge in [-0.15, -0.1) is 0 Å². The highest BCUT2D eigenvalue weighted by Crippen LogP contribution is 2.05. The van der Waals surface area contributed by atoms with Crippen molar-refractivity contribution in [2.45, 2.75) is 0 Å². The molecule has 1 aromatic rings. The summed E-state index contributed by atoms with van der Waals surface area (Å²) in [7, 11) is 1.61. The van der Waals surface area contributed by atoms with E-state index in [2.05, 4.69) is 0 Å². The lowest BCUT2D eigenvalue weighted by molar-refractivity contribution is 0.225. The fourth-order valence-corrected chi connectivity index (χ4v) is 0.813. The minimum atomic E-state index is -0.213. The molecule has 0 unspecified atom stereocenters. The van der Waals surface area contributed by atoms with Gasteiger partial charge in [0.25, 0.3) is 0 Å². The third-order valence-electron chi connectivity index (χ3n) is 1.33. The average molecular weight is 153 g/mol. The van der Waals surface area contributed by atoms with E-state index < -0.39 is 0 Å². The van der Waals surface area contributed by atoms with E-state index in [1.54, 1.807) is 13.2 Å². The van der Waals surface area contributed by atoms with E-state index >= 15 is 0 Å². The number of halogens is 1. The summed E-state index contributed by atoms with van der Waals surface area (Å²) in [6.45, 7) is 0.517. The Morgan fingerprint density at radius 2 is 2.36 bits per heavy atom. The molecule has 1 nitrogen and oxygen atoms in total. The maximum absolute atomic E-state index is 12.5. The number of hydrogen-bond acceptors (Lipinski definition) is 1. The van der Waals surface area contributed by atoms with Gasteiger partial charge < -0.3 is 4.74 Å². The van der Waals surface area contributed by atoms with Crippen molar-refractivity contribution in [3.8, 4) is 0 Å². The Balaban J connectivity index is 2.56. The Bertz CT molecular complexity index is 223. The Morgan fingerprint density at radius 1 is 1.55 bits per heavy atom. The zero-order chi connectivity index (χ0) is 8.10. The van der Waals surface area contributed by atoms with Crippen molar-refractivity contribution in [3.63, 3.8) is 0 Å². The molecule has 0 heterocycles. The Kier molecular flexibility index (Phi) is 3.05. The van der Waals surface area contributed by atoms with E-state index in [1.807, 2.05) is 12.5 Å². The first-order valence-corrected chi connectivity index (χ1v) is 3.40. The predicted octanol–water partition coefficient (Wildman–Crippen LogP) is 2.02. The summed E-state index contributed by atoms with van der Waals surface area (Å²) < 4.78 is 17.3. The Labute approximate surface area is 65.8 Å². The highest BCUT2D eigenvalue weighted by molar-refractivity contribution is 5.23. The summed E-state index contributed by atoms with van der Waals surface area (Å²) in [6.07, 6.45) is 1.82. The molecule has 0 aromatic heterocycles. The highest BCUT2D eigenvalue weighted by atomic mass is 19.1. The quantitative estimate of drug-likeness (QED) is 0.645. The first kappa shape index (κ1) is 8.21. The third-order valence-corrected chi connectivity index (χ3v) is 1.33. The van der Waals surface area contributed by atoms with Crippen molar-refractivity contribution in [3.05, 3.63) is 42.1 Å². The van der Waals surface area contributed by atoms with Gasteiger partial charge in [-0.1, -0.05) is 12.1 Å². The van der Waals surface area contributed by atoms with Gasteiger partial charge in [0.05, 0.1) is 6.61 Å². The molecular formula is C9H10FO. The minimum absolute atomic E-state index is 0.213. The monoisotopic (exact) mass is 153 g/mol. The zero-order valence-corrected chi connectivity index (χ0v) is 6.38. The molecule has 1 radical (unpaired) electrons. The van der Waals surface area contributed by atoms with Crippen molar-refractivity contribution < 1.29 is 9.13 Å². The molecule has 0 aliphatic carbocycles. The molecule has 0 bridgehead atoms. The standard InChI is InChI=1S/C9H10FO/c1-11-6-5-8-3-2-4-9(10)7-8/h2-5,7H,6H2,1H3. The van der Waals surface area contributed by atoms with Gasteiger partial charge >= 0.3 is 0 Å². The predicted molar refractivity (Wildman–Crippen MR) is 41.7 cm³/mol. The van der Waals surface area contributed by atoms with Crippen LogP contribution in [0.2, 0.25) is 0 Å². The van der Waals surface area contributed by atoms with Gasteiger partial charge in [0.2, 0.25) is 0 Å². The molecule has 0 N–H and O–H groups in total. The van der Waals surface area contributed by atoms with Crippen LogP contribution in [0.25, 0.3) is 0 Å². The maximum Gasteiger partial charge on any atom is 0.123 e. The van der Waals surface area contributed by atoms with E-state index in [0.29, 0.717) is 6.61 Å². The zero-order valence-electron chi connectivity index (χ0n) is 6.38. The fourth-order valence-electron chi connectivity index (χ4n) is 0.813. The normalized spacial score (nSPS) is 10.0. The molecule has 1 aromatic carbocycles. The molecular weight excluding hydrogens is 143 g/mol. The van der Waals surface area contributed by atoms with Crippen LogP contribution in [0, 0.1) is 12.2 Å². The first-order chi connectivity index (χ1) is 5.33. The Morgan fingerprint density at radius 3 is 3.00 bits per heavy atom. The van der Waals surface area contributed by atoms with Crippen LogP contribution in [0.1, 0.15) is 5.56 Å². The molecule has 1 rings (SSSR count). The second kappa shape index (κ2) is 4.09. The van der Waals surface area contributed by atoms with Gasteiger partial charge in [-0.3, -0.25) is 0 Å². The van der Waals surface area contributed by atoms with Crippen LogP contribution in [0.3, 0.4) is 0 Å². The summed E-state index contributed by atoms with van der Waals surface area (Å²) in [5.74, 6) is -0.213. The van der Waals surface area contributed by atoms with Crippen molar-refractivity contribution in [2.75, 3.05) is 13.7 Å². The number of ether oxygens (including phenoxy) is 1. The van der Waals surface area contributed by atoms with Gasteiger partial charge in [0.15, 0.2) is 0 Å². The van der Waals surface area contributed by atoms with Crippen molar-refractivity contribution in [2.24, 2.45) is 0 Å². The molecule has 0 amide bonds. The van der Waals surface area contributed by atoms with Crippen LogP contribution in [0.15, 0.2) is 24.3 Å². The molecule has 0 fully saturated rings. The SMILES string of the molecule is COC[CH]c1cccc(F)c1. The Hall–Kier alpha value is -0.890. The molecule has 0 saturated carbocycles. The molecule has 59 valence electrons. The third kappa shape index (κ3) is 2.68. The highest BCUT2D eigenvalue weighted by Gasteiger charge is 1.93. The maximum atomic E-state index is 12.5. The van der Waals surface area contributed by atoms with Gasteiger partial charge in [-0.05, 0) is 17.7 Å². The molecule has 0 atom stereocenters. The molecule has 11 heavy (non-hydrogen) atoms. The molecule has 0 aliphatic rings. The lowest BCUT2D eigenvalue weighted by atomic mass is 10.2. The topological polar surface area (TPSA) is 9.23 Å². The van der Waals surface area contributed by atoms with Crippen LogP contribution in [0.4, 0.5) is 4.39 Å². The van der Waals surface area contributed by atoms with Crippen LogP contribution in [-0.2, 0) is 4.74 Å². The smallest absolute Gasteiger partial charge is 0.123 e. The van der Waals surface area contributed by atoms with Gasteiger partial charge in [-0.2, -0.15) is 0 Å². The first-order valence-electron chi connectivity index (χ1n) is 3.40. The molecule has 0 aliphatic heterocycles. The van der Waals surface area contributed by atoms with Crippen LogP contribution >= 0.6 is 0 Å². The van der Waals surface area contributed by atoms with E-state index in [-0.39, 0.29) is 5.82 Å². The lowest BCUT2D eigenvalue weighted by Crippen LogP contribution is -1.91. The molecule has 0 saturated heterocycles. The number of rotatable bonds is 3. The summed E-state index contributed by atoms with van der Waals surface area (Å²) in [5.41, 5.74) is 0.854. The van der Waals surface area contributed by atoms with Gasteiger partial charge in [-0.25, -0.2) is 4.39 Å². The largest absolute Gasteiger partial charge is 0.384 e. The van der Waals surface area contributed by atoms with Crippen molar-refractivity contribution >= 4 is 0 Å². The van der Waals surface area contributed by atoms with Gasteiger partial charge in [0, 0.05) is 13.5 Å². The number of methoxy groups -OCH3 is 1. The van der Waals surface area contributed by atoms with E-state index in [0.717, 1.165) is 5.56 Å². The summed E-state index contributed by atoms with van der Waals surface area (Å²) in [6, 6.07) is 6.40. The number of benzene rings is 1. The van der Waals surface area contributed by atoms with Crippen molar-refractivity contribution in [1.29, 1.82) is 0 Å². The summed E-state index contributed by atoms with van der Waals surface area (Å²) in [4.78, 5) is 0. The van der Waals surface area contributed by atoms with Crippen molar-refractivity contribution in [1.82, 2.24) is 0 Å². The molecule has 0 spiro atoms. The average Bonchev–Trinajstić information content (AvgIpc) is 2.01. The van der Waals surface area contributed by atoms with Crippen LogP contribution in [-0.4, -0.2) is 13.7 Å². The lowest BCUT2D eigenvalue weighted by Gasteiger charge is -1.98. The van der Waals surface area contributed by atoms with E-state index in [9.17, 15) is 4.39 Å². The summed E-state index contributed by atoms with van der Waals surface area (Å²) in [5, 5.41) is 0.